The van der Waals surface area contributed by atoms with E-state index >= 15 is 0 Å². The van der Waals surface area contributed by atoms with Crippen LogP contribution in [0.15, 0.2) is 18.5 Å². The Hall–Kier alpha value is -1.21. The average molecular weight is 270 g/mol. The fourth-order valence-corrected chi connectivity index (χ4v) is 3.09. The molecule has 2 rings (SSSR count). The Morgan fingerprint density at radius 3 is 2.78 bits per heavy atom. The van der Waals surface area contributed by atoms with Gasteiger partial charge in [0.1, 0.15) is 0 Å². The molecule has 1 unspecified atom stereocenters. The van der Waals surface area contributed by atoms with Crippen LogP contribution < -0.4 is 10.0 Å². The number of anilines is 1. The van der Waals surface area contributed by atoms with E-state index < -0.39 is 10.0 Å². The van der Waals surface area contributed by atoms with E-state index in [1.807, 2.05) is 0 Å². The minimum absolute atomic E-state index is 0.100. The lowest BCUT2D eigenvalue weighted by atomic mass is 10.0. The maximum absolute atomic E-state index is 11.8. The van der Waals surface area contributed by atoms with E-state index in [-0.39, 0.29) is 11.7 Å². The fourth-order valence-electron chi connectivity index (χ4n) is 2.01. The number of nitrogens with one attached hydrogen (secondary N) is 2. The summed E-state index contributed by atoms with van der Waals surface area (Å²) in [5.74, 6) is 0.234. The summed E-state index contributed by atoms with van der Waals surface area (Å²) >= 11 is 0. The average Bonchev–Trinajstić information content (AvgIpc) is 2.38. The highest BCUT2D eigenvalue weighted by atomic mass is 32.2. The van der Waals surface area contributed by atoms with Gasteiger partial charge in [-0.2, -0.15) is 0 Å². The van der Waals surface area contributed by atoms with Crippen LogP contribution in [0.1, 0.15) is 25.7 Å². The number of aromatic nitrogens is 2. The molecule has 0 spiro atoms. The minimum atomic E-state index is -3.35. The predicted octanol–water partition coefficient (Wildman–Crippen LogP) is 0.750. The molecule has 2 N–H and O–H groups in total. The molecule has 1 aromatic rings. The van der Waals surface area contributed by atoms with E-state index in [4.69, 9.17) is 0 Å². The molecule has 0 aliphatic carbocycles. The molecule has 18 heavy (non-hydrogen) atoms. The first-order chi connectivity index (χ1) is 8.66. The molecule has 1 aliphatic heterocycles. The van der Waals surface area contributed by atoms with E-state index in [9.17, 15) is 8.42 Å². The van der Waals surface area contributed by atoms with Crippen LogP contribution in [-0.4, -0.2) is 36.7 Å². The quantitative estimate of drug-likeness (QED) is 0.825. The Balaban J connectivity index is 1.83. The van der Waals surface area contributed by atoms with Crippen molar-refractivity contribution in [2.45, 2.75) is 31.7 Å². The zero-order valence-corrected chi connectivity index (χ0v) is 11.0. The molecule has 0 aromatic carbocycles. The normalized spacial score (nSPS) is 20.6. The van der Waals surface area contributed by atoms with Crippen LogP contribution in [0, 0.1) is 0 Å². The summed E-state index contributed by atoms with van der Waals surface area (Å²) in [5.41, 5.74) is 0. The van der Waals surface area contributed by atoms with Crippen LogP contribution in [0.2, 0.25) is 0 Å². The number of sulfonamides is 1. The first-order valence-corrected chi connectivity index (χ1v) is 7.82. The zero-order valence-electron chi connectivity index (χ0n) is 10.2. The van der Waals surface area contributed by atoms with Crippen LogP contribution in [0.3, 0.4) is 0 Å². The Labute approximate surface area is 107 Å². The zero-order chi connectivity index (χ0) is 12.8. The number of nitrogens with zero attached hydrogens (tertiary/aromatic N) is 2. The Morgan fingerprint density at radius 1 is 1.33 bits per heavy atom. The summed E-state index contributed by atoms with van der Waals surface area (Å²) in [4.78, 5) is 7.68. The minimum Gasteiger partial charge on any atom is -0.314 e. The molecule has 1 fully saturated rings. The first kappa shape index (κ1) is 13.2. The molecule has 0 amide bonds. The number of hydrogen-bond donors (Lipinski definition) is 2. The first-order valence-electron chi connectivity index (χ1n) is 6.17. The van der Waals surface area contributed by atoms with Gasteiger partial charge in [-0.15, -0.1) is 0 Å². The molecule has 0 bridgehead atoms. The van der Waals surface area contributed by atoms with Gasteiger partial charge in [0.05, 0.1) is 5.75 Å². The summed E-state index contributed by atoms with van der Waals surface area (Å²) in [6.45, 7) is 0.986. The number of piperidine rings is 1. The van der Waals surface area contributed by atoms with Crippen molar-refractivity contribution in [3.63, 3.8) is 0 Å². The lowest BCUT2D eigenvalue weighted by molar-refractivity contribution is 0.393. The topological polar surface area (TPSA) is 84.0 Å². The fraction of sp³-hybridized carbons (Fsp3) is 0.636. The molecular formula is C11H18N4O2S. The second kappa shape index (κ2) is 6.10. The van der Waals surface area contributed by atoms with Gasteiger partial charge in [-0.05, 0) is 31.9 Å². The van der Waals surface area contributed by atoms with Crippen molar-refractivity contribution in [3.8, 4) is 0 Å². The van der Waals surface area contributed by atoms with E-state index in [0.29, 0.717) is 12.5 Å². The third kappa shape index (κ3) is 4.23. The number of hydrogen-bond acceptors (Lipinski definition) is 5. The van der Waals surface area contributed by atoms with Gasteiger partial charge in [-0.3, -0.25) is 4.72 Å². The molecule has 0 radical (unpaired) electrons. The van der Waals surface area contributed by atoms with Crippen molar-refractivity contribution in [2.75, 3.05) is 17.0 Å². The molecule has 7 heteroatoms. The standard InChI is InChI=1S/C11H18N4O2S/c16-18(17,15-11-13-7-3-8-14-11)9-5-10-4-1-2-6-12-10/h3,7-8,10,12H,1-2,4-6,9H2,(H,13,14,15). The van der Waals surface area contributed by atoms with Crippen molar-refractivity contribution in [2.24, 2.45) is 0 Å². The molecule has 1 aromatic heterocycles. The van der Waals surface area contributed by atoms with Gasteiger partial charge in [0.15, 0.2) is 0 Å². The lowest BCUT2D eigenvalue weighted by Crippen LogP contribution is -2.36. The third-order valence-corrected chi connectivity index (χ3v) is 4.23. The molecule has 1 aliphatic rings. The maximum Gasteiger partial charge on any atom is 0.236 e. The molecule has 0 saturated carbocycles. The highest BCUT2D eigenvalue weighted by molar-refractivity contribution is 7.92. The molecule has 1 atom stereocenters. The third-order valence-electron chi connectivity index (χ3n) is 2.96. The smallest absolute Gasteiger partial charge is 0.236 e. The lowest BCUT2D eigenvalue weighted by Gasteiger charge is -2.23. The second-order valence-electron chi connectivity index (χ2n) is 4.43. The summed E-state index contributed by atoms with van der Waals surface area (Å²) in [7, 11) is -3.35. The molecule has 100 valence electrons. The van der Waals surface area contributed by atoms with Crippen molar-refractivity contribution in [3.05, 3.63) is 18.5 Å². The van der Waals surface area contributed by atoms with E-state index in [1.165, 1.54) is 25.2 Å². The number of rotatable bonds is 5. The van der Waals surface area contributed by atoms with E-state index in [1.54, 1.807) is 6.07 Å². The Morgan fingerprint density at radius 2 is 2.11 bits per heavy atom. The highest BCUT2D eigenvalue weighted by Crippen LogP contribution is 2.11. The van der Waals surface area contributed by atoms with Gasteiger partial charge in [-0.1, -0.05) is 6.42 Å². The van der Waals surface area contributed by atoms with Crippen LogP contribution in [0.4, 0.5) is 5.95 Å². The SMILES string of the molecule is O=S(=O)(CCC1CCCCN1)Nc1ncccn1. The molecule has 2 heterocycles. The Bertz CT molecular complexity index is 457. The molecule has 1 saturated heterocycles. The van der Waals surface area contributed by atoms with Gasteiger partial charge in [-0.25, -0.2) is 18.4 Å². The van der Waals surface area contributed by atoms with Gasteiger partial charge in [0.25, 0.3) is 0 Å². The van der Waals surface area contributed by atoms with Crippen LogP contribution in [-0.2, 0) is 10.0 Å². The van der Waals surface area contributed by atoms with Crippen molar-refractivity contribution >= 4 is 16.0 Å². The van der Waals surface area contributed by atoms with Crippen molar-refractivity contribution in [1.29, 1.82) is 0 Å². The van der Waals surface area contributed by atoms with Crippen LogP contribution >= 0.6 is 0 Å². The van der Waals surface area contributed by atoms with Gasteiger partial charge < -0.3 is 5.32 Å². The van der Waals surface area contributed by atoms with E-state index in [0.717, 1.165) is 13.0 Å². The molecule has 6 nitrogen and oxygen atoms in total. The second-order valence-corrected chi connectivity index (χ2v) is 6.27. The van der Waals surface area contributed by atoms with Gasteiger partial charge in [0.2, 0.25) is 16.0 Å². The molecular weight excluding hydrogens is 252 g/mol. The largest absolute Gasteiger partial charge is 0.314 e. The highest BCUT2D eigenvalue weighted by Gasteiger charge is 2.17. The monoisotopic (exact) mass is 270 g/mol. The van der Waals surface area contributed by atoms with E-state index in [2.05, 4.69) is 20.0 Å². The van der Waals surface area contributed by atoms with Crippen LogP contribution in [0.25, 0.3) is 0 Å². The van der Waals surface area contributed by atoms with Gasteiger partial charge >= 0.3 is 0 Å². The predicted molar refractivity (Wildman–Crippen MR) is 69.7 cm³/mol. The Kier molecular flexibility index (Phi) is 4.48. The van der Waals surface area contributed by atoms with Gasteiger partial charge in [0, 0.05) is 18.4 Å². The van der Waals surface area contributed by atoms with Crippen molar-refractivity contribution in [1.82, 2.24) is 15.3 Å². The summed E-state index contributed by atoms with van der Waals surface area (Å²) in [6, 6.07) is 1.95. The van der Waals surface area contributed by atoms with Crippen LogP contribution in [0.5, 0.6) is 0 Å². The maximum atomic E-state index is 11.8. The summed E-state index contributed by atoms with van der Waals surface area (Å²) < 4.78 is 26.0. The summed E-state index contributed by atoms with van der Waals surface area (Å²) in [5, 5.41) is 3.33. The van der Waals surface area contributed by atoms with Crippen molar-refractivity contribution < 1.29 is 8.42 Å². The summed E-state index contributed by atoms with van der Waals surface area (Å²) in [6.07, 6.45) is 7.05.